The topological polar surface area (TPSA) is 87.7 Å². The first-order valence-electron chi connectivity index (χ1n) is 11.1. The van der Waals surface area contributed by atoms with Gasteiger partial charge in [0.2, 0.25) is 0 Å². The van der Waals surface area contributed by atoms with Crippen molar-refractivity contribution in [3.05, 3.63) is 98.9 Å². The molecule has 0 atom stereocenters. The van der Waals surface area contributed by atoms with E-state index in [0.717, 1.165) is 44.7 Å². The van der Waals surface area contributed by atoms with Gasteiger partial charge >= 0.3 is 0 Å². The lowest BCUT2D eigenvalue weighted by Gasteiger charge is -2.15. The number of hydrogen-bond donors (Lipinski definition) is 0. The van der Waals surface area contributed by atoms with Gasteiger partial charge in [-0.25, -0.2) is 9.67 Å². The number of pyridine rings is 2. The fraction of sp³-hybridized carbons (Fsp3) is 0.192. The summed E-state index contributed by atoms with van der Waals surface area (Å²) in [4.78, 5) is 21.3. The average Bonchev–Trinajstić information content (AvgIpc) is 3.26. The fourth-order valence-corrected chi connectivity index (χ4v) is 4.32. The zero-order valence-corrected chi connectivity index (χ0v) is 20.3. The van der Waals surface area contributed by atoms with E-state index in [1.165, 1.54) is 10.7 Å². The van der Waals surface area contributed by atoms with Gasteiger partial charge < -0.3 is 4.74 Å². The second-order valence-electron chi connectivity index (χ2n) is 8.32. The molecule has 0 saturated heterocycles. The molecule has 0 fully saturated rings. The van der Waals surface area contributed by atoms with Crippen molar-refractivity contribution in [1.29, 1.82) is 0 Å². The number of nitrogens with zero attached hydrogens (tertiary/aromatic N) is 6. The highest BCUT2D eigenvalue weighted by molar-refractivity contribution is 6.31. The SMILES string of the molecule is Cc1cc(-c2ccnn2C)c2cccc(OCc3c(Cl)cncc3Cn3nc(C)ccc3=O)c2n1. The highest BCUT2D eigenvalue weighted by Crippen LogP contribution is 2.33. The third-order valence-electron chi connectivity index (χ3n) is 5.81. The molecule has 0 amide bonds. The zero-order chi connectivity index (χ0) is 24.5. The molecule has 0 radical (unpaired) electrons. The molecule has 0 aliphatic carbocycles. The van der Waals surface area contributed by atoms with Crippen molar-refractivity contribution in [3.63, 3.8) is 0 Å². The number of benzene rings is 1. The van der Waals surface area contributed by atoms with Gasteiger partial charge in [-0.3, -0.25) is 14.5 Å². The first-order valence-corrected chi connectivity index (χ1v) is 11.5. The summed E-state index contributed by atoms with van der Waals surface area (Å²) in [6.45, 7) is 4.23. The summed E-state index contributed by atoms with van der Waals surface area (Å²) in [5.74, 6) is 0.638. The maximum Gasteiger partial charge on any atom is 0.267 e. The molecule has 5 rings (SSSR count). The molecule has 9 heteroatoms. The Bertz CT molecular complexity index is 1610. The van der Waals surface area contributed by atoms with Crippen molar-refractivity contribution in [2.45, 2.75) is 27.0 Å². The Hall–Kier alpha value is -4.04. The Morgan fingerprint density at radius 3 is 2.71 bits per heavy atom. The molecule has 5 aromatic rings. The van der Waals surface area contributed by atoms with Crippen LogP contribution in [0, 0.1) is 13.8 Å². The third-order valence-corrected chi connectivity index (χ3v) is 6.14. The van der Waals surface area contributed by atoms with Crippen LogP contribution in [0.15, 0.2) is 65.8 Å². The Morgan fingerprint density at radius 2 is 1.91 bits per heavy atom. The summed E-state index contributed by atoms with van der Waals surface area (Å²) in [7, 11) is 1.92. The Kier molecular flexibility index (Phi) is 6.05. The molecule has 0 aliphatic rings. The van der Waals surface area contributed by atoms with Crippen molar-refractivity contribution in [2.75, 3.05) is 0 Å². The molecule has 1 aromatic carbocycles. The first-order chi connectivity index (χ1) is 16.9. The highest BCUT2D eigenvalue weighted by atomic mass is 35.5. The van der Waals surface area contributed by atoms with Gasteiger partial charge in [0.05, 0.1) is 23.0 Å². The molecule has 0 aliphatic heterocycles. The van der Waals surface area contributed by atoms with Crippen LogP contribution in [-0.4, -0.2) is 29.5 Å². The van der Waals surface area contributed by atoms with Gasteiger partial charge in [-0.15, -0.1) is 0 Å². The second-order valence-corrected chi connectivity index (χ2v) is 8.73. The quantitative estimate of drug-likeness (QED) is 0.351. The van der Waals surface area contributed by atoms with E-state index in [1.807, 2.05) is 55.9 Å². The molecule has 0 spiro atoms. The number of hydrogen-bond acceptors (Lipinski definition) is 6. The van der Waals surface area contributed by atoms with Crippen LogP contribution >= 0.6 is 11.6 Å². The first kappa shape index (κ1) is 22.7. The van der Waals surface area contributed by atoms with Crippen molar-refractivity contribution in [2.24, 2.45) is 7.05 Å². The van der Waals surface area contributed by atoms with E-state index in [0.29, 0.717) is 10.8 Å². The molecule has 0 N–H and O–H groups in total. The minimum Gasteiger partial charge on any atom is -0.487 e. The Labute approximate surface area is 206 Å². The Balaban J connectivity index is 1.51. The van der Waals surface area contributed by atoms with Gasteiger partial charge in [0.25, 0.3) is 5.56 Å². The average molecular weight is 487 g/mol. The van der Waals surface area contributed by atoms with Crippen molar-refractivity contribution in [3.8, 4) is 17.0 Å². The van der Waals surface area contributed by atoms with E-state index in [9.17, 15) is 4.79 Å². The number of aromatic nitrogens is 6. The van der Waals surface area contributed by atoms with Gasteiger partial charge in [-0.05, 0) is 38.1 Å². The van der Waals surface area contributed by atoms with Crippen molar-refractivity contribution in [1.82, 2.24) is 29.5 Å². The number of para-hydroxylation sites is 1. The van der Waals surface area contributed by atoms with Crippen LogP contribution in [0.25, 0.3) is 22.2 Å². The number of rotatable bonds is 6. The Morgan fingerprint density at radius 1 is 1.06 bits per heavy atom. The summed E-state index contributed by atoms with van der Waals surface area (Å²) in [5.41, 5.74) is 5.71. The minimum atomic E-state index is -0.195. The van der Waals surface area contributed by atoms with E-state index in [-0.39, 0.29) is 18.7 Å². The van der Waals surface area contributed by atoms with Crippen LogP contribution < -0.4 is 10.3 Å². The third kappa shape index (κ3) is 4.52. The van der Waals surface area contributed by atoms with Gasteiger partial charge in [0, 0.05) is 59.5 Å². The maximum absolute atomic E-state index is 12.3. The molecule has 176 valence electrons. The predicted octanol–water partition coefficient (Wildman–Crippen LogP) is 4.48. The minimum absolute atomic E-state index is 0.188. The van der Waals surface area contributed by atoms with Crippen LogP contribution in [0.5, 0.6) is 5.75 Å². The molecule has 0 bridgehead atoms. The van der Waals surface area contributed by atoms with Crippen LogP contribution in [0.2, 0.25) is 5.02 Å². The van der Waals surface area contributed by atoms with Gasteiger partial charge in [0.15, 0.2) is 0 Å². The standard InChI is InChI=1S/C26H23ClN6O2/c1-16-7-8-25(34)33(31-16)14-18-12-28-13-22(27)21(18)15-35-24-6-4-5-19-20(11-17(2)30-26(19)24)23-9-10-29-32(23)3/h4-13H,14-15H2,1-3H3. The summed E-state index contributed by atoms with van der Waals surface area (Å²) < 4.78 is 9.51. The van der Waals surface area contributed by atoms with Gasteiger partial charge in [-0.1, -0.05) is 23.7 Å². The van der Waals surface area contributed by atoms with Crippen LogP contribution in [-0.2, 0) is 20.2 Å². The molecular weight excluding hydrogens is 464 g/mol. The lowest BCUT2D eigenvalue weighted by molar-refractivity contribution is 0.307. The van der Waals surface area contributed by atoms with E-state index in [1.54, 1.807) is 24.7 Å². The smallest absolute Gasteiger partial charge is 0.267 e. The number of halogens is 1. The molecule has 0 unspecified atom stereocenters. The van der Waals surface area contributed by atoms with Crippen LogP contribution in [0.1, 0.15) is 22.5 Å². The van der Waals surface area contributed by atoms with Gasteiger partial charge in [-0.2, -0.15) is 10.2 Å². The lowest BCUT2D eigenvalue weighted by Crippen LogP contribution is -2.23. The van der Waals surface area contributed by atoms with Crippen LogP contribution in [0.4, 0.5) is 0 Å². The summed E-state index contributed by atoms with van der Waals surface area (Å²) in [6, 6.07) is 13.1. The molecule has 4 heterocycles. The second kappa shape index (κ2) is 9.31. The van der Waals surface area contributed by atoms with Crippen molar-refractivity contribution < 1.29 is 4.74 Å². The largest absolute Gasteiger partial charge is 0.487 e. The highest BCUT2D eigenvalue weighted by Gasteiger charge is 2.15. The summed E-state index contributed by atoms with van der Waals surface area (Å²) >= 11 is 6.51. The molecule has 0 saturated carbocycles. The number of ether oxygens (including phenoxy) is 1. The summed E-state index contributed by atoms with van der Waals surface area (Å²) in [5, 5.41) is 10.1. The zero-order valence-electron chi connectivity index (χ0n) is 19.6. The lowest BCUT2D eigenvalue weighted by atomic mass is 10.0. The van der Waals surface area contributed by atoms with E-state index in [4.69, 9.17) is 21.3 Å². The predicted molar refractivity (Wildman–Crippen MR) is 135 cm³/mol. The fourth-order valence-electron chi connectivity index (χ4n) is 4.09. The molecule has 35 heavy (non-hydrogen) atoms. The molecular formula is C26H23ClN6O2. The van der Waals surface area contributed by atoms with E-state index < -0.39 is 0 Å². The number of aryl methyl sites for hydroxylation is 3. The van der Waals surface area contributed by atoms with Crippen molar-refractivity contribution >= 4 is 22.5 Å². The van der Waals surface area contributed by atoms with Gasteiger partial charge in [0.1, 0.15) is 17.9 Å². The van der Waals surface area contributed by atoms with E-state index >= 15 is 0 Å². The van der Waals surface area contributed by atoms with Crippen LogP contribution in [0.3, 0.4) is 0 Å². The monoisotopic (exact) mass is 486 g/mol. The normalized spacial score (nSPS) is 11.2. The van der Waals surface area contributed by atoms with E-state index in [2.05, 4.69) is 15.2 Å². The molecule has 4 aromatic heterocycles. The maximum atomic E-state index is 12.3. The summed E-state index contributed by atoms with van der Waals surface area (Å²) in [6.07, 6.45) is 5.04. The molecule has 8 nitrogen and oxygen atoms in total. The number of fused-ring (bicyclic) bond motifs is 1.